The van der Waals surface area contributed by atoms with Gasteiger partial charge in [0.25, 0.3) is 0 Å². The molecule has 2 rings (SSSR count). The van der Waals surface area contributed by atoms with Crippen LogP contribution in [0.15, 0.2) is 6.33 Å². The topological polar surface area (TPSA) is 49.8 Å². The van der Waals surface area contributed by atoms with Crippen molar-refractivity contribution in [2.45, 2.75) is 70.8 Å². The predicted molar refractivity (Wildman–Crippen MR) is 85.3 cm³/mol. The van der Waals surface area contributed by atoms with Crippen LogP contribution in [0.25, 0.3) is 0 Å². The summed E-state index contributed by atoms with van der Waals surface area (Å²) in [6.45, 7) is 2.20. The lowest BCUT2D eigenvalue weighted by Gasteiger charge is -2.23. The molecule has 1 aliphatic rings. The Hall–Kier alpha value is -1.32. The first-order valence-corrected chi connectivity index (χ1v) is 8.13. The molecule has 1 fully saturated rings. The highest BCUT2D eigenvalue weighted by atomic mass is 15.1. The monoisotopic (exact) mass is 276 g/mol. The van der Waals surface area contributed by atoms with E-state index in [9.17, 15) is 0 Å². The van der Waals surface area contributed by atoms with E-state index in [4.69, 9.17) is 0 Å². The van der Waals surface area contributed by atoms with Gasteiger partial charge < -0.3 is 10.6 Å². The van der Waals surface area contributed by atoms with Crippen molar-refractivity contribution in [3.8, 4) is 0 Å². The number of aromatic nitrogens is 2. The third kappa shape index (κ3) is 4.09. The van der Waals surface area contributed by atoms with E-state index in [2.05, 4.69) is 27.5 Å². The molecule has 0 radical (unpaired) electrons. The van der Waals surface area contributed by atoms with Gasteiger partial charge in [0.05, 0.1) is 0 Å². The Labute approximate surface area is 122 Å². The Kier molecular flexibility index (Phi) is 6.09. The number of hydrogen-bond donors (Lipinski definition) is 2. The Morgan fingerprint density at radius 2 is 1.70 bits per heavy atom. The van der Waals surface area contributed by atoms with Crippen molar-refractivity contribution < 1.29 is 0 Å². The molecule has 1 aliphatic carbocycles. The minimum Gasteiger partial charge on any atom is -0.373 e. The fourth-order valence-corrected chi connectivity index (χ4v) is 3.03. The van der Waals surface area contributed by atoms with E-state index >= 15 is 0 Å². The van der Waals surface area contributed by atoms with Crippen LogP contribution >= 0.6 is 0 Å². The SMILES string of the molecule is CCCc1c(NC)ncnc1NC1CCCCCCC1. The third-order valence-electron chi connectivity index (χ3n) is 4.13. The summed E-state index contributed by atoms with van der Waals surface area (Å²) in [6.07, 6.45) is 13.2. The quantitative estimate of drug-likeness (QED) is 0.853. The fraction of sp³-hybridized carbons (Fsp3) is 0.750. The Bertz CT molecular complexity index is 397. The van der Waals surface area contributed by atoms with Crippen molar-refractivity contribution in [2.24, 2.45) is 0 Å². The van der Waals surface area contributed by atoms with Crippen LogP contribution in [0.1, 0.15) is 63.9 Å². The van der Waals surface area contributed by atoms with Crippen molar-refractivity contribution >= 4 is 11.6 Å². The van der Waals surface area contributed by atoms with E-state index in [1.807, 2.05) is 7.05 Å². The van der Waals surface area contributed by atoms with Gasteiger partial charge in [0.2, 0.25) is 0 Å². The summed E-state index contributed by atoms with van der Waals surface area (Å²) in [6, 6.07) is 0.575. The highest BCUT2D eigenvalue weighted by Crippen LogP contribution is 2.25. The molecule has 0 atom stereocenters. The molecule has 0 saturated heterocycles. The van der Waals surface area contributed by atoms with Gasteiger partial charge in [-0.25, -0.2) is 9.97 Å². The Balaban J connectivity index is 2.10. The molecule has 112 valence electrons. The lowest BCUT2D eigenvalue weighted by molar-refractivity contribution is 0.470. The van der Waals surface area contributed by atoms with Gasteiger partial charge in [0, 0.05) is 18.7 Å². The molecule has 2 N–H and O–H groups in total. The van der Waals surface area contributed by atoms with Crippen molar-refractivity contribution in [3.63, 3.8) is 0 Å². The van der Waals surface area contributed by atoms with E-state index in [1.165, 1.54) is 50.5 Å². The van der Waals surface area contributed by atoms with E-state index < -0.39 is 0 Å². The molecule has 0 aliphatic heterocycles. The summed E-state index contributed by atoms with van der Waals surface area (Å²) in [5, 5.41) is 6.87. The van der Waals surface area contributed by atoms with Crippen molar-refractivity contribution in [1.29, 1.82) is 0 Å². The largest absolute Gasteiger partial charge is 0.373 e. The van der Waals surface area contributed by atoms with Crippen molar-refractivity contribution in [3.05, 3.63) is 11.9 Å². The molecule has 1 aromatic heterocycles. The third-order valence-corrected chi connectivity index (χ3v) is 4.13. The molecule has 1 saturated carbocycles. The van der Waals surface area contributed by atoms with Crippen molar-refractivity contribution in [1.82, 2.24) is 9.97 Å². The zero-order chi connectivity index (χ0) is 14.2. The van der Waals surface area contributed by atoms with Crippen LogP contribution < -0.4 is 10.6 Å². The average molecular weight is 276 g/mol. The summed E-state index contributed by atoms with van der Waals surface area (Å²) < 4.78 is 0. The zero-order valence-electron chi connectivity index (χ0n) is 12.9. The number of hydrogen-bond acceptors (Lipinski definition) is 4. The van der Waals surface area contributed by atoms with E-state index in [1.54, 1.807) is 6.33 Å². The van der Waals surface area contributed by atoms with E-state index in [0.29, 0.717) is 6.04 Å². The first-order valence-electron chi connectivity index (χ1n) is 8.13. The minimum atomic E-state index is 0.575. The molecular formula is C16H28N4. The van der Waals surface area contributed by atoms with Gasteiger partial charge >= 0.3 is 0 Å². The molecular weight excluding hydrogens is 248 g/mol. The van der Waals surface area contributed by atoms with Crippen LogP contribution in [-0.4, -0.2) is 23.1 Å². The highest BCUT2D eigenvalue weighted by molar-refractivity contribution is 5.57. The number of nitrogens with one attached hydrogen (secondary N) is 2. The summed E-state index contributed by atoms with van der Waals surface area (Å²) in [4.78, 5) is 8.83. The van der Waals surface area contributed by atoms with Crippen LogP contribution in [0.5, 0.6) is 0 Å². The maximum Gasteiger partial charge on any atom is 0.134 e. The van der Waals surface area contributed by atoms with E-state index in [-0.39, 0.29) is 0 Å². The second kappa shape index (κ2) is 8.08. The van der Waals surface area contributed by atoms with Crippen molar-refractivity contribution in [2.75, 3.05) is 17.7 Å². The number of nitrogens with zero attached hydrogens (tertiary/aromatic N) is 2. The molecule has 0 aromatic carbocycles. The summed E-state index contributed by atoms with van der Waals surface area (Å²) >= 11 is 0. The predicted octanol–water partition coefficient (Wildman–Crippen LogP) is 4.00. The normalized spacial score (nSPS) is 17.3. The molecule has 4 heteroatoms. The summed E-state index contributed by atoms with van der Waals surface area (Å²) in [5.74, 6) is 2.01. The van der Waals surface area contributed by atoms with Gasteiger partial charge in [-0.3, -0.25) is 0 Å². The lowest BCUT2D eigenvalue weighted by Crippen LogP contribution is -2.22. The summed E-state index contributed by atoms with van der Waals surface area (Å²) in [5.41, 5.74) is 1.24. The van der Waals surface area contributed by atoms with Gasteiger partial charge in [-0.05, 0) is 19.3 Å². The van der Waals surface area contributed by atoms with Crippen LogP contribution in [-0.2, 0) is 6.42 Å². The standard InChI is InChI=1S/C16H28N4/c1-3-9-14-15(17-2)18-12-19-16(14)20-13-10-7-5-4-6-8-11-13/h12-13H,3-11H2,1-2H3,(H2,17,18,19,20). The first-order chi connectivity index (χ1) is 9.85. The first kappa shape index (κ1) is 15.1. The van der Waals surface area contributed by atoms with Gasteiger partial charge in [-0.15, -0.1) is 0 Å². The molecule has 0 amide bonds. The van der Waals surface area contributed by atoms with Gasteiger partial charge in [-0.1, -0.05) is 45.4 Å². The summed E-state index contributed by atoms with van der Waals surface area (Å²) in [7, 11) is 1.93. The highest BCUT2D eigenvalue weighted by Gasteiger charge is 2.15. The molecule has 4 nitrogen and oxygen atoms in total. The van der Waals surface area contributed by atoms with E-state index in [0.717, 1.165) is 24.5 Å². The number of anilines is 2. The lowest BCUT2D eigenvalue weighted by atomic mass is 9.96. The molecule has 1 aromatic rings. The zero-order valence-corrected chi connectivity index (χ0v) is 12.9. The molecule has 0 spiro atoms. The molecule has 20 heavy (non-hydrogen) atoms. The second-order valence-corrected chi connectivity index (χ2v) is 5.74. The molecule has 0 bridgehead atoms. The van der Waals surface area contributed by atoms with Gasteiger partial charge in [0.15, 0.2) is 0 Å². The minimum absolute atomic E-state index is 0.575. The molecule has 1 heterocycles. The van der Waals surface area contributed by atoms with Crippen LogP contribution in [0.3, 0.4) is 0 Å². The average Bonchev–Trinajstić information content (AvgIpc) is 2.43. The van der Waals surface area contributed by atoms with Crippen LogP contribution in [0, 0.1) is 0 Å². The molecule has 0 unspecified atom stereocenters. The fourth-order valence-electron chi connectivity index (χ4n) is 3.03. The second-order valence-electron chi connectivity index (χ2n) is 5.74. The van der Waals surface area contributed by atoms with Crippen LogP contribution in [0.2, 0.25) is 0 Å². The van der Waals surface area contributed by atoms with Gasteiger partial charge in [-0.2, -0.15) is 0 Å². The Morgan fingerprint density at radius 3 is 2.35 bits per heavy atom. The smallest absolute Gasteiger partial charge is 0.134 e. The van der Waals surface area contributed by atoms with Crippen LogP contribution in [0.4, 0.5) is 11.6 Å². The Morgan fingerprint density at radius 1 is 1.05 bits per heavy atom. The maximum atomic E-state index is 4.49. The number of rotatable bonds is 5. The van der Waals surface area contributed by atoms with Gasteiger partial charge in [0.1, 0.15) is 18.0 Å². The maximum absolute atomic E-state index is 4.49.